The van der Waals surface area contributed by atoms with Crippen LogP contribution in [0.15, 0.2) is 0 Å². The van der Waals surface area contributed by atoms with Gasteiger partial charge in [-0.1, -0.05) is 12.8 Å². The van der Waals surface area contributed by atoms with E-state index in [-0.39, 0.29) is 0 Å². The second-order valence-electron chi connectivity index (χ2n) is 4.70. The van der Waals surface area contributed by atoms with Crippen LogP contribution >= 0.6 is 0 Å². The van der Waals surface area contributed by atoms with Crippen LogP contribution in [0.3, 0.4) is 0 Å². The monoisotopic (exact) mass is 207 g/mol. The molecule has 0 aromatic carbocycles. The number of hydrogen-bond donors (Lipinski definition) is 1. The molecule has 1 N–H and O–H groups in total. The van der Waals surface area contributed by atoms with Crippen molar-refractivity contribution in [3.05, 3.63) is 0 Å². The molecule has 2 heterocycles. The third-order valence-corrected chi connectivity index (χ3v) is 3.46. The zero-order chi connectivity index (χ0) is 10.2. The Labute approximate surface area is 82.1 Å². The summed E-state index contributed by atoms with van der Waals surface area (Å²) >= 11 is 0. The molecule has 14 heavy (non-hydrogen) atoms. The molecule has 0 atom stereocenters. The van der Waals surface area contributed by atoms with Gasteiger partial charge in [-0.05, 0) is 25.7 Å². The summed E-state index contributed by atoms with van der Waals surface area (Å²) in [7, 11) is 0. The number of piperidine rings is 2. The lowest BCUT2D eigenvalue weighted by Gasteiger charge is -2.47. The number of fused-ring (bicyclic) bond motifs is 2. The minimum Gasteiger partial charge on any atom is -0.308 e. The van der Waals surface area contributed by atoms with Crippen LogP contribution in [0, 0.1) is 0 Å². The maximum atomic E-state index is 12.4. The second kappa shape index (κ2) is 3.40. The fourth-order valence-electron chi connectivity index (χ4n) is 2.98. The van der Waals surface area contributed by atoms with Crippen molar-refractivity contribution >= 4 is 0 Å². The molecule has 2 saturated heterocycles. The Bertz CT molecular complexity index is 202. The first-order chi connectivity index (χ1) is 6.49. The number of halogens is 3. The van der Waals surface area contributed by atoms with E-state index in [2.05, 4.69) is 5.32 Å². The minimum absolute atomic E-state index is 0.347. The van der Waals surface area contributed by atoms with E-state index in [1.807, 2.05) is 0 Å². The predicted octanol–water partition coefficient (Wildman–Crippen LogP) is 3.00. The Morgan fingerprint density at radius 3 is 2.21 bits per heavy atom. The van der Waals surface area contributed by atoms with Crippen molar-refractivity contribution in [2.75, 3.05) is 0 Å². The number of rotatable bonds is 1. The molecule has 0 amide bonds. The zero-order valence-electron chi connectivity index (χ0n) is 8.16. The van der Waals surface area contributed by atoms with Crippen molar-refractivity contribution in [2.45, 2.75) is 62.7 Å². The molecule has 82 valence electrons. The molecule has 4 heteroatoms. The molecule has 0 aromatic rings. The summed E-state index contributed by atoms with van der Waals surface area (Å²) in [6, 6.07) is 0.347. The molecule has 0 radical (unpaired) electrons. The normalized spacial score (nSPS) is 38.4. The predicted molar refractivity (Wildman–Crippen MR) is 48.0 cm³/mol. The van der Waals surface area contributed by atoms with E-state index in [1.54, 1.807) is 0 Å². The molecular formula is C10H16F3N. The smallest absolute Gasteiger partial charge is 0.308 e. The van der Waals surface area contributed by atoms with Gasteiger partial charge in [0.1, 0.15) is 0 Å². The maximum Gasteiger partial charge on any atom is 0.390 e. The molecule has 2 fully saturated rings. The van der Waals surface area contributed by atoms with E-state index < -0.39 is 18.1 Å². The van der Waals surface area contributed by atoms with Crippen LogP contribution in [0.2, 0.25) is 0 Å². The lowest BCUT2D eigenvalue weighted by molar-refractivity contribution is -0.156. The van der Waals surface area contributed by atoms with Crippen molar-refractivity contribution in [3.8, 4) is 0 Å². The first kappa shape index (κ1) is 10.3. The molecule has 2 bridgehead atoms. The van der Waals surface area contributed by atoms with Gasteiger partial charge in [0.15, 0.2) is 0 Å². The highest BCUT2D eigenvalue weighted by Crippen LogP contribution is 2.40. The molecule has 2 aliphatic heterocycles. The van der Waals surface area contributed by atoms with E-state index in [0.717, 1.165) is 25.7 Å². The Balaban J connectivity index is 2.05. The first-order valence-corrected chi connectivity index (χ1v) is 5.34. The fourth-order valence-corrected chi connectivity index (χ4v) is 2.98. The standard InChI is InChI=1S/C10H16F3N/c11-10(12,13)7-9-5-1-3-8(14-9)4-2-6-9/h8,14H,1-7H2. The fraction of sp³-hybridized carbons (Fsp3) is 1.00. The van der Waals surface area contributed by atoms with Gasteiger partial charge < -0.3 is 5.32 Å². The zero-order valence-corrected chi connectivity index (χ0v) is 8.16. The van der Waals surface area contributed by atoms with Gasteiger partial charge in [0.2, 0.25) is 0 Å². The highest BCUT2D eigenvalue weighted by molar-refractivity contribution is 4.99. The molecule has 0 saturated carbocycles. The van der Waals surface area contributed by atoms with Gasteiger partial charge in [-0.25, -0.2) is 0 Å². The molecule has 2 aliphatic rings. The van der Waals surface area contributed by atoms with Crippen molar-refractivity contribution < 1.29 is 13.2 Å². The van der Waals surface area contributed by atoms with E-state index >= 15 is 0 Å². The Kier molecular flexibility index (Phi) is 2.50. The van der Waals surface area contributed by atoms with Crippen LogP contribution in [0.5, 0.6) is 0 Å². The SMILES string of the molecule is FC(F)(F)CC12CCCC(CCC1)N2. The van der Waals surface area contributed by atoms with Crippen molar-refractivity contribution in [2.24, 2.45) is 0 Å². The second-order valence-corrected chi connectivity index (χ2v) is 4.70. The Hall–Kier alpha value is -0.250. The molecular weight excluding hydrogens is 191 g/mol. The Morgan fingerprint density at radius 2 is 1.71 bits per heavy atom. The number of hydrogen-bond acceptors (Lipinski definition) is 1. The van der Waals surface area contributed by atoms with Gasteiger partial charge >= 0.3 is 6.18 Å². The van der Waals surface area contributed by atoms with Gasteiger partial charge in [-0.2, -0.15) is 13.2 Å². The highest BCUT2D eigenvalue weighted by Gasteiger charge is 2.46. The number of nitrogens with one attached hydrogen (secondary N) is 1. The van der Waals surface area contributed by atoms with Crippen LogP contribution in [0.1, 0.15) is 44.9 Å². The van der Waals surface area contributed by atoms with Gasteiger partial charge in [0.25, 0.3) is 0 Å². The van der Waals surface area contributed by atoms with Gasteiger partial charge in [-0.3, -0.25) is 0 Å². The Morgan fingerprint density at radius 1 is 1.14 bits per heavy atom. The van der Waals surface area contributed by atoms with E-state index in [4.69, 9.17) is 0 Å². The largest absolute Gasteiger partial charge is 0.390 e. The summed E-state index contributed by atoms with van der Waals surface area (Å²) in [6.07, 6.45) is 0.745. The molecule has 0 aromatic heterocycles. The molecule has 0 aliphatic carbocycles. The topological polar surface area (TPSA) is 12.0 Å². The maximum absolute atomic E-state index is 12.4. The van der Waals surface area contributed by atoms with Gasteiger partial charge in [0, 0.05) is 11.6 Å². The summed E-state index contributed by atoms with van der Waals surface area (Å²) in [5, 5.41) is 3.20. The van der Waals surface area contributed by atoms with Crippen molar-refractivity contribution in [1.82, 2.24) is 5.32 Å². The number of alkyl halides is 3. The summed E-state index contributed by atoms with van der Waals surface area (Å²) in [4.78, 5) is 0. The van der Waals surface area contributed by atoms with E-state index in [1.165, 1.54) is 0 Å². The summed E-state index contributed by atoms with van der Waals surface area (Å²) < 4.78 is 37.1. The third kappa shape index (κ3) is 2.22. The summed E-state index contributed by atoms with van der Waals surface area (Å²) in [6.45, 7) is 0. The van der Waals surface area contributed by atoms with Gasteiger partial charge in [0.05, 0.1) is 6.42 Å². The molecule has 0 unspecified atom stereocenters. The molecule has 0 spiro atoms. The van der Waals surface area contributed by atoms with Crippen LogP contribution < -0.4 is 5.32 Å². The molecule has 1 nitrogen and oxygen atoms in total. The van der Waals surface area contributed by atoms with E-state index in [0.29, 0.717) is 18.9 Å². The van der Waals surface area contributed by atoms with Crippen LogP contribution in [0.4, 0.5) is 13.2 Å². The first-order valence-electron chi connectivity index (χ1n) is 5.34. The van der Waals surface area contributed by atoms with Crippen molar-refractivity contribution in [1.29, 1.82) is 0 Å². The lowest BCUT2D eigenvalue weighted by atomic mass is 9.74. The quantitative estimate of drug-likeness (QED) is 0.697. The van der Waals surface area contributed by atoms with Crippen molar-refractivity contribution in [3.63, 3.8) is 0 Å². The van der Waals surface area contributed by atoms with Gasteiger partial charge in [-0.15, -0.1) is 0 Å². The van der Waals surface area contributed by atoms with Crippen LogP contribution in [0.25, 0.3) is 0 Å². The third-order valence-electron chi connectivity index (χ3n) is 3.46. The average Bonchev–Trinajstić information content (AvgIpc) is 1.99. The van der Waals surface area contributed by atoms with E-state index in [9.17, 15) is 13.2 Å². The average molecular weight is 207 g/mol. The highest BCUT2D eigenvalue weighted by atomic mass is 19.4. The summed E-state index contributed by atoms with van der Waals surface area (Å²) in [5.41, 5.74) is -0.612. The lowest BCUT2D eigenvalue weighted by Crippen LogP contribution is -2.58. The van der Waals surface area contributed by atoms with Crippen LogP contribution in [-0.4, -0.2) is 17.8 Å². The summed E-state index contributed by atoms with van der Waals surface area (Å²) in [5.74, 6) is 0. The minimum atomic E-state index is -4.02. The van der Waals surface area contributed by atoms with Crippen LogP contribution in [-0.2, 0) is 0 Å². The molecule has 2 rings (SSSR count).